The number of hydrogen-bond acceptors (Lipinski definition) is 8. The summed E-state index contributed by atoms with van der Waals surface area (Å²) in [5.74, 6) is -5.60. The zero-order chi connectivity index (χ0) is 34.9. The molecule has 0 aliphatic rings. The summed E-state index contributed by atoms with van der Waals surface area (Å²) < 4.78 is 21.3. The van der Waals surface area contributed by atoms with E-state index in [-0.39, 0.29) is 55.2 Å². The van der Waals surface area contributed by atoms with Crippen molar-refractivity contribution in [3.8, 4) is 11.5 Å². The highest BCUT2D eigenvalue weighted by Gasteiger charge is 2.32. The van der Waals surface area contributed by atoms with E-state index in [0.717, 1.165) is 37.8 Å². The normalized spacial score (nSPS) is 12.6. The fourth-order valence-electron chi connectivity index (χ4n) is 4.56. The third-order valence-electron chi connectivity index (χ3n) is 6.88. The molecule has 14 heteroatoms. The smallest absolute Gasteiger partial charge is 0.423 e. The Morgan fingerprint density at radius 3 is 1.20 bits per heavy atom. The molecule has 8 nitrogen and oxygen atoms in total. The van der Waals surface area contributed by atoms with E-state index in [4.69, 9.17) is 88.6 Å². The van der Waals surface area contributed by atoms with Crippen LogP contribution in [0, 0.1) is 23.7 Å². The average molecular weight is 761 g/mol. The maximum Gasteiger partial charge on any atom is 0.423 e. The summed E-state index contributed by atoms with van der Waals surface area (Å²) >= 11 is 37.4. The summed E-state index contributed by atoms with van der Waals surface area (Å²) in [6.07, 6.45) is 3.08. The predicted molar refractivity (Wildman–Crippen MR) is 181 cm³/mol. The fourth-order valence-corrected chi connectivity index (χ4v) is 6.00. The second-order valence-electron chi connectivity index (χ2n) is 11.5. The number of esters is 4. The van der Waals surface area contributed by atoms with E-state index in [2.05, 4.69) is 0 Å². The highest BCUT2D eigenvalue weighted by molar-refractivity contribution is 6.47. The Morgan fingerprint density at radius 1 is 0.587 bits per heavy atom. The zero-order valence-corrected chi connectivity index (χ0v) is 30.8. The van der Waals surface area contributed by atoms with Gasteiger partial charge in [-0.1, -0.05) is 124 Å². The molecule has 46 heavy (non-hydrogen) atoms. The summed E-state index contributed by atoms with van der Waals surface area (Å²) in [5.41, 5.74) is -0.938. The molecular formula is C32H36Cl6O8. The Labute approximate surface area is 299 Å². The molecule has 2 atom stereocenters. The first-order valence-corrected chi connectivity index (χ1v) is 16.9. The Bertz CT molecular complexity index is 1340. The highest BCUT2D eigenvalue weighted by atomic mass is 35.5. The van der Waals surface area contributed by atoms with Crippen molar-refractivity contribution in [3.05, 3.63) is 53.4 Å². The molecule has 2 aromatic rings. The van der Waals surface area contributed by atoms with Gasteiger partial charge in [-0.2, -0.15) is 0 Å². The highest BCUT2D eigenvalue weighted by Crippen LogP contribution is 2.42. The largest absolute Gasteiger partial charge is 0.462 e. The number of ether oxygens (including phenoxy) is 4. The lowest BCUT2D eigenvalue weighted by atomic mass is 9.96. The summed E-state index contributed by atoms with van der Waals surface area (Å²) in [4.78, 5) is 52.2. The monoisotopic (exact) mass is 758 g/mol. The van der Waals surface area contributed by atoms with Crippen molar-refractivity contribution < 1.29 is 38.1 Å². The van der Waals surface area contributed by atoms with Crippen molar-refractivity contribution in [1.82, 2.24) is 0 Å². The molecule has 0 aliphatic heterocycles. The van der Waals surface area contributed by atoms with Gasteiger partial charge in [-0.05, 0) is 48.6 Å². The van der Waals surface area contributed by atoms with E-state index in [1.54, 1.807) is 0 Å². The van der Waals surface area contributed by atoms with Crippen LogP contribution < -0.4 is 9.47 Å². The minimum Gasteiger partial charge on any atom is -0.462 e. The van der Waals surface area contributed by atoms with Crippen molar-refractivity contribution in [2.24, 2.45) is 23.7 Å². The van der Waals surface area contributed by atoms with Crippen LogP contribution in [0.15, 0.2) is 12.1 Å². The molecule has 0 amide bonds. The van der Waals surface area contributed by atoms with E-state index >= 15 is 0 Å². The first-order chi connectivity index (χ1) is 21.5. The number of halogens is 6. The van der Waals surface area contributed by atoms with E-state index in [1.165, 1.54) is 0 Å². The topological polar surface area (TPSA) is 105 Å². The van der Waals surface area contributed by atoms with Gasteiger partial charge >= 0.3 is 23.9 Å². The molecule has 0 aliphatic carbocycles. The van der Waals surface area contributed by atoms with Gasteiger partial charge in [0.2, 0.25) is 0 Å². The SMILES string of the molecule is CCC(COC(=O)c1c(Cl)c(Cl)cc(Cl)c1OC(=O)C(=O)Oc1c(Cl)cc(Cl)c(Cl)c1C(=O)OCC(CC)CC(C)C)CC(C)C. The molecule has 0 aromatic heterocycles. The molecule has 0 heterocycles. The molecule has 2 rings (SSSR count). The predicted octanol–water partition coefficient (Wildman–Crippen LogP) is 10.6. The standard InChI is InChI=1S/C32H36Cl6O8/c1-7-17(9-15(3)4)13-43-29(39)23-25(37)19(33)11-21(35)27(23)45-31(41)32(42)46-28-22(36)12-20(34)26(38)24(28)30(40)44-14-18(8-2)10-16(5)6/h11-12,15-18H,7-10,13-14H2,1-6H3. The van der Waals surface area contributed by atoms with Gasteiger partial charge in [-0.3, -0.25) is 0 Å². The van der Waals surface area contributed by atoms with Crippen LogP contribution in [0.25, 0.3) is 0 Å². The first-order valence-electron chi connectivity index (χ1n) is 14.6. The number of carbonyl (C=O) groups is 4. The van der Waals surface area contributed by atoms with Gasteiger partial charge in [-0.25, -0.2) is 19.2 Å². The van der Waals surface area contributed by atoms with Crippen LogP contribution in [-0.4, -0.2) is 37.1 Å². The lowest BCUT2D eigenvalue weighted by molar-refractivity contribution is -0.156. The molecule has 254 valence electrons. The zero-order valence-electron chi connectivity index (χ0n) is 26.2. The van der Waals surface area contributed by atoms with E-state index in [9.17, 15) is 19.2 Å². The van der Waals surface area contributed by atoms with Crippen molar-refractivity contribution in [2.45, 2.75) is 67.2 Å². The Morgan fingerprint density at radius 2 is 0.913 bits per heavy atom. The third-order valence-corrected chi connectivity index (χ3v) is 9.02. The van der Waals surface area contributed by atoms with Crippen LogP contribution in [0.3, 0.4) is 0 Å². The minimum atomic E-state index is -1.65. The molecule has 0 spiro atoms. The molecule has 2 aromatic carbocycles. The van der Waals surface area contributed by atoms with Gasteiger partial charge in [0.1, 0.15) is 11.1 Å². The molecule has 0 N–H and O–H groups in total. The lowest BCUT2D eigenvalue weighted by Gasteiger charge is -2.19. The minimum absolute atomic E-state index is 0.0502. The van der Waals surface area contributed by atoms with Gasteiger partial charge in [0.05, 0.1) is 43.3 Å². The van der Waals surface area contributed by atoms with Crippen LogP contribution in [0.2, 0.25) is 30.1 Å². The van der Waals surface area contributed by atoms with Crippen molar-refractivity contribution in [1.29, 1.82) is 0 Å². The van der Waals surface area contributed by atoms with Crippen LogP contribution in [0.1, 0.15) is 87.9 Å². The van der Waals surface area contributed by atoms with Crippen molar-refractivity contribution >= 4 is 93.5 Å². The van der Waals surface area contributed by atoms with Gasteiger partial charge < -0.3 is 18.9 Å². The van der Waals surface area contributed by atoms with Gasteiger partial charge in [0, 0.05) is 0 Å². The first kappa shape index (κ1) is 40.2. The fraction of sp³-hybridized carbons (Fsp3) is 0.500. The Kier molecular flexibility index (Phi) is 16.2. The molecule has 0 saturated carbocycles. The average Bonchev–Trinajstić information content (AvgIpc) is 2.98. The second kappa shape index (κ2) is 18.6. The quantitative estimate of drug-likeness (QED) is 0.0811. The van der Waals surface area contributed by atoms with Crippen LogP contribution >= 0.6 is 69.6 Å². The molecule has 0 bridgehead atoms. The lowest BCUT2D eigenvalue weighted by Crippen LogP contribution is -2.28. The second-order valence-corrected chi connectivity index (χ2v) is 13.9. The third kappa shape index (κ3) is 11.1. The maximum absolute atomic E-state index is 13.1. The molecule has 0 radical (unpaired) electrons. The summed E-state index contributed by atoms with van der Waals surface area (Å²) in [7, 11) is 0. The van der Waals surface area contributed by atoms with Gasteiger partial charge in [0.25, 0.3) is 0 Å². The Balaban J connectivity index is 2.36. The van der Waals surface area contributed by atoms with E-state index in [1.807, 2.05) is 41.5 Å². The van der Waals surface area contributed by atoms with Gasteiger partial charge in [0.15, 0.2) is 11.5 Å². The summed E-state index contributed by atoms with van der Waals surface area (Å²) in [6, 6.07) is 2.24. The summed E-state index contributed by atoms with van der Waals surface area (Å²) in [5, 5.41) is -1.52. The molecule has 0 fully saturated rings. The number of rotatable bonds is 14. The van der Waals surface area contributed by atoms with Crippen LogP contribution in [0.4, 0.5) is 0 Å². The van der Waals surface area contributed by atoms with Crippen molar-refractivity contribution in [2.75, 3.05) is 13.2 Å². The van der Waals surface area contributed by atoms with E-state index < -0.39 is 46.5 Å². The summed E-state index contributed by atoms with van der Waals surface area (Å²) in [6.45, 7) is 12.2. The molecule has 0 saturated heterocycles. The van der Waals surface area contributed by atoms with Gasteiger partial charge in [-0.15, -0.1) is 0 Å². The van der Waals surface area contributed by atoms with Crippen LogP contribution in [-0.2, 0) is 19.1 Å². The number of benzene rings is 2. The number of hydrogen-bond donors (Lipinski definition) is 0. The van der Waals surface area contributed by atoms with E-state index in [0.29, 0.717) is 11.8 Å². The Hall–Kier alpha value is -1.94. The molecular weight excluding hydrogens is 725 g/mol. The van der Waals surface area contributed by atoms with Crippen LogP contribution in [0.5, 0.6) is 11.5 Å². The molecule has 2 unspecified atom stereocenters. The van der Waals surface area contributed by atoms with Crippen molar-refractivity contribution in [3.63, 3.8) is 0 Å². The number of carbonyl (C=O) groups excluding carboxylic acids is 4. The maximum atomic E-state index is 13.1.